The van der Waals surface area contributed by atoms with Gasteiger partial charge in [0.25, 0.3) is 5.91 Å². The van der Waals surface area contributed by atoms with Gasteiger partial charge in [-0.2, -0.15) is 5.10 Å². The van der Waals surface area contributed by atoms with E-state index in [4.69, 9.17) is 4.74 Å². The lowest BCUT2D eigenvalue weighted by atomic mass is 9.94. The van der Waals surface area contributed by atoms with Crippen LogP contribution in [0.3, 0.4) is 0 Å². The Labute approximate surface area is 200 Å². The molecular weight excluding hydrogens is 422 g/mol. The van der Waals surface area contributed by atoms with Crippen molar-refractivity contribution in [3.05, 3.63) is 106 Å². The SMILES string of the molecule is CCc1ccc(C2c3c(-c4ccc(C)cc4)n[nH]c3C(=O)N2CCc2ccc(OC)cc2)cc1. The van der Waals surface area contributed by atoms with E-state index < -0.39 is 0 Å². The fourth-order valence-corrected chi connectivity index (χ4v) is 4.68. The summed E-state index contributed by atoms with van der Waals surface area (Å²) in [7, 11) is 1.67. The monoisotopic (exact) mass is 451 g/mol. The summed E-state index contributed by atoms with van der Waals surface area (Å²) in [6, 6.07) is 24.8. The maximum Gasteiger partial charge on any atom is 0.273 e. The number of aromatic nitrogens is 2. The maximum atomic E-state index is 13.6. The highest BCUT2D eigenvalue weighted by atomic mass is 16.5. The van der Waals surface area contributed by atoms with Gasteiger partial charge in [0.1, 0.15) is 11.4 Å². The zero-order valence-corrected chi connectivity index (χ0v) is 19.8. The molecule has 0 saturated carbocycles. The first-order valence-corrected chi connectivity index (χ1v) is 11.8. The number of rotatable bonds is 7. The number of carbonyl (C=O) groups excluding carboxylic acids is 1. The van der Waals surface area contributed by atoms with Crippen LogP contribution in [0.5, 0.6) is 5.75 Å². The third-order valence-electron chi connectivity index (χ3n) is 6.69. The van der Waals surface area contributed by atoms with Crippen LogP contribution in [0.1, 0.15) is 51.3 Å². The third kappa shape index (κ3) is 3.98. The Bertz CT molecular complexity index is 1290. The topological polar surface area (TPSA) is 58.2 Å². The average molecular weight is 452 g/mol. The van der Waals surface area contributed by atoms with Crippen molar-refractivity contribution in [3.63, 3.8) is 0 Å². The van der Waals surface area contributed by atoms with E-state index in [0.717, 1.165) is 41.0 Å². The zero-order chi connectivity index (χ0) is 23.7. The Hall–Kier alpha value is -3.86. The molecule has 0 bridgehead atoms. The van der Waals surface area contributed by atoms with Crippen molar-refractivity contribution >= 4 is 5.91 Å². The Morgan fingerprint density at radius 3 is 2.26 bits per heavy atom. The summed E-state index contributed by atoms with van der Waals surface area (Å²) >= 11 is 0. The van der Waals surface area contributed by atoms with E-state index in [0.29, 0.717) is 12.2 Å². The Balaban J connectivity index is 1.53. The Kier molecular flexibility index (Phi) is 5.93. The van der Waals surface area contributed by atoms with Crippen LogP contribution in [0.2, 0.25) is 0 Å². The molecule has 0 aliphatic carbocycles. The van der Waals surface area contributed by atoms with Gasteiger partial charge < -0.3 is 9.64 Å². The molecule has 1 aliphatic heterocycles. The molecule has 0 saturated heterocycles. The van der Waals surface area contributed by atoms with Crippen LogP contribution in [-0.4, -0.2) is 34.7 Å². The largest absolute Gasteiger partial charge is 0.497 e. The normalized spacial score (nSPS) is 15.0. The fourth-order valence-electron chi connectivity index (χ4n) is 4.68. The van der Waals surface area contributed by atoms with Crippen molar-refractivity contribution in [1.29, 1.82) is 0 Å². The first-order chi connectivity index (χ1) is 16.6. The highest BCUT2D eigenvalue weighted by molar-refractivity contribution is 6.00. The summed E-state index contributed by atoms with van der Waals surface area (Å²) in [6.45, 7) is 4.83. The number of amides is 1. The van der Waals surface area contributed by atoms with Crippen molar-refractivity contribution in [3.8, 4) is 17.0 Å². The van der Waals surface area contributed by atoms with E-state index in [2.05, 4.69) is 84.7 Å². The zero-order valence-electron chi connectivity index (χ0n) is 19.8. The smallest absolute Gasteiger partial charge is 0.273 e. The van der Waals surface area contributed by atoms with Crippen LogP contribution in [0, 0.1) is 6.92 Å². The highest BCUT2D eigenvalue weighted by Crippen LogP contribution is 2.42. The summed E-state index contributed by atoms with van der Waals surface area (Å²) in [4.78, 5) is 15.5. The van der Waals surface area contributed by atoms with E-state index in [1.54, 1.807) is 7.11 Å². The number of nitrogens with one attached hydrogen (secondary N) is 1. The molecule has 1 unspecified atom stereocenters. The molecule has 2 heterocycles. The summed E-state index contributed by atoms with van der Waals surface area (Å²) in [6.07, 6.45) is 1.74. The molecule has 3 aromatic carbocycles. The molecule has 1 atom stereocenters. The molecule has 0 spiro atoms. The number of H-pyrrole nitrogens is 1. The summed E-state index contributed by atoms with van der Waals surface area (Å²) in [5.74, 6) is 0.831. The number of aromatic amines is 1. The second kappa shape index (κ2) is 9.18. The number of ether oxygens (including phenoxy) is 1. The van der Waals surface area contributed by atoms with Gasteiger partial charge in [-0.05, 0) is 48.6 Å². The van der Waals surface area contributed by atoms with Crippen molar-refractivity contribution in [2.75, 3.05) is 13.7 Å². The molecule has 1 aliphatic rings. The van der Waals surface area contributed by atoms with Crippen molar-refractivity contribution in [2.45, 2.75) is 32.7 Å². The van der Waals surface area contributed by atoms with Crippen LogP contribution in [0.4, 0.5) is 0 Å². The van der Waals surface area contributed by atoms with Gasteiger partial charge in [0.15, 0.2) is 0 Å². The molecule has 5 heteroatoms. The first kappa shape index (κ1) is 22.0. The van der Waals surface area contributed by atoms with Gasteiger partial charge in [0.05, 0.1) is 18.8 Å². The third-order valence-corrected chi connectivity index (χ3v) is 6.69. The Morgan fingerprint density at radius 1 is 0.941 bits per heavy atom. The second-order valence-corrected chi connectivity index (χ2v) is 8.82. The van der Waals surface area contributed by atoms with Crippen molar-refractivity contribution < 1.29 is 9.53 Å². The molecule has 172 valence electrons. The van der Waals surface area contributed by atoms with Gasteiger partial charge in [0.2, 0.25) is 0 Å². The number of hydrogen-bond donors (Lipinski definition) is 1. The summed E-state index contributed by atoms with van der Waals surface area (Å²) < 4.78 is 5.28. The summed E-state index contributed by atoms with van der Waals surface area (Å²) in [5, 5.41) is 7.64. The van der Waals surface area contributed by atoms with Gasteiger partial charge in [-0.25, -0.2) is 0 Å². The second-order valence-electron chi connectivity index (χ2n) is 8.82. The molecule has 1 aromatic heterocycles. The van der Waals surface area contributed by atoms with Crippen LogP contribution in [0.25, 0.3) is 11.3 Å². The minimum Gasteiger partial charge on any atom is -0.497 e. The van der Waals surface area contributed by atoms with Crippen LogP contribution in [0.15, 0.2) is 72.8 Å². The van der Waals surface area contributed by atoms with Gasteiger partial charge in [-0.1, -0.05) is 73.2 Å². The lowest BCUT2D eigenvalue weighted by Gasteiger charge is -2.26. The molecule has 5 nitrogen and oxygen atoms in total. The van der Waals surface area contributed by atoms with Gasteiger partial charge in [-0.15, -0.1) is 0 Å². The Morgan fingerprint density at radius 2 is 1.62 bits per heavy atom. The predicted molar refractivity (Wildman–Crippen MR) is 134 cm³/mol. The lowest BCUT2D eigenvalue weighted by molar-refractivity contribution is 0.0746. The first-order valence-electron chi connectivity index (χ1n) is 11.8. The molecule has 0 fully saturated rings. The number of methoxy groups -OCH3 is 1. The van der Waals surface area contributed by atoms with E-state index in [-0.39, 0.29) is 11.9 Å². The van der Waals surface area contributed by atoms with Crippen LogP contribution >= 0.6 is 0 Å². The van der Waals surface area contributed by atoms with Gasteiger partial charge in [0, 0.05) is 17.7 Å². The van der Waals surface area contributed by atoms with Crippen molar-refractivity contribution in [1.82, 2.24) is 15.1 Å². The molecule has 0 radical (unpaired) electrons. The molecule has 4 aromatic rings. The highest BCUT2D eigenvalue weighted by Gasteiger charge is 2.41. The quantitative estimate of drug-likeness (QED) is 0.390. The van der Waals surface area contributed by atoms with E-state index in [1.165, 1.54) is 16.7 Å². The number of benzene rings is 3. The molecule has 1 amide bonds. The number of aryl methyl sites for hydroxylation is 2. The standard InChI is InChI=1S/C29H29N3O2/c1-4-20-7-13-23(14-8-20)28-25-26(22-11-5-19(2)6-12-22)30-31-27(25)29(33)32(28)18-17-21-9-15-24(34-3)16-10-21/h5-16,28H,4,17-18H2,1-3H3,(H,30,31). The average Bonchev–Trinajstić information content (AvgIpc) is 3.42. The van der Waals surface area contributed by atoms with E-state index in [9.17, 15) is 4.79 Å². The molecule has 1 N–H and O–H groups in total. The van der Waals surface area contributed by atoms with Gasteiger partial charge in [-0.3, -0.25) is 9.89 Å². The minimum absolute atomic E-state index is 0.000980. The van der Waals surface area contributed by atoms with E-state index in [1.807, 2.05) is 17.0 Å². The predicted octanol–water partition coefficient (Wildman–Crippen LogP) is 5.74. The van der Waals surface area contributed by atoms with Crippen molar-refractivity contribution in [2.24, 2.45) is 0 Å². The lowest BCUT2D eigenvalue weighted by Crippen LogP contribution is -2.31. The molecule has 34 heavy (non-hydrogen) atoms. The maximum absolute atomic E-state index is 13.6. The number of nitrogens with zero attached hydrogens (tertiary/aromatic N) is 2. The summed E-state index contributed by atoms with van der Waals surface area (Å²) in [5.41, 5.74) is 8.17. The number of carbonyl (C=O) groups is 1. The molecule has 5 rings (SSSR count). The van der Waals surface area contributed by atoms with Gasteiger partial charge >= 0.3 is 0 Å². The van der Waals surface area contributed by atoms with Crippen LogP contribution < -0.4 is 4.74 Å². The minimum atomic E-state index is -0.179. The van der Waals surface area contributed by atoms with E-state index >= 15 is 0 Å². The van der Waals surface area contributed by atoms with Crippen LogP contribution in [-0.2, 0) is 12.8 Å². The number of hydrogen-bond acceptors (Lipinski definition) is 3. The molecular formula is C29H29N3O2. The number of fused-ring (bicyclic) bond motifs is 1. The fraction of sp³-hybridized carbons (Fsp3) is 0.241.